The minimum atomic E-state index is -0.339. The van der Waals surface area contributed by atoms with Crippen LogP contribution in [-0.2, 0) is 11.3 Å². The maximum atomic E-state index is 13.4. The van der Waals surface area contributed by atoms with E-state index in [-0.39, 0.29) is 18.3 Å². The molecule has 0 saturated carbocycles. The number of benzene rings is 2. The zero-order valence-corrected chi connectivity index (χ0v) is 11.2. The lowest BCUT2D eigenvalue weighted by atomic mass is 10.1. The van der Waals surface area contributed by atoms with E-state index in [0.717, 1.165) is 5.56 Å². The molecule has 0 fully saturated rings. The van der Waals surface area contributed by atoms with Gasteiger partial charge in [0.15, 0.2) is 0 Å². The third kappa shape index (κ3) is 4.29. The Kier molecular flexibility index (Phi) is 4.84. The van der Waals surface area contributed by atoms with E-state index in [4.69, 9.17) is 5.26 Å². The predicted molar refractivity (Wildman–Crippen MR) is 78.4 cm³/mol. The molecule has 1 amide bonds. The van der Waals surface area contributed by atoms with E-state index in [2.05, 4.69) is 5.32 Å². The number of halogens is 1. The number of hydrogen-bond acceptors (Lipinski definition) is 2. The zero-order chi connectivity index (χ0) is 15.1. The lowest BCUT2D eigenvalue weighted by molar-refractivity contribution is -0.116. The fourth-order valence-electron chi connectivity index (χ4n) is 1.72. The molecule has 0 unspecified atom stereocenters. The summed E-state index contributed by atoms with van der Waals surface area (Å²) in [6.45, 7) is 0.142. The molecule has 0 radical (unpaired) electrons. The first-order chi connectivity index (χ1) is 10.2. The average molecular weight is 280 g/mol. The Morgan fingerprint density at radius 1 is 1.19 bits per heavy atom. The smallest absolute Gasteiger partial charge is 0.244 e. The van der Waals surface area contributed by atoms with Gasteiger partial charge in [-0.15, -0.1) is 0 Å². The summed E-state index contributed by atoms with van der Waals surface area (Å²) in [4.78, 5) is 11.7. The van der Waals surface area contributed by atoms with E-state index in [0.29, 0.717) is 11.1 Å². The van der Waals surface area contributed by atoms with Crippen molar-refractivity contribution in [1.82, 2.24) is 5.32 Å². The van der Waals surface area contributed by atoms with Gasteiger partial charge in [-0.1, -0.05) is 30.3 Å². The maximum absolute atomic E-state index is 13.4. The number of hydrogen-bond donors (Lipinski definition) is 1. The Morgan fingerprint density at radius 3 is 2.57 bits per heavy atom. The quantitative estimate of drug-likeness (QED) is 0.875. The summed E-state index contributed by atoms with van der Waals surface area (Å²) < 4.78 is 13.4. The molecule has 2 aromatic rings. The standard InChI is InChI=1S/C17H13FN2O/c18-16-4-2-1-3-15(16)12-20-17(21)10-9-13-5-7-14(11-19)8-6-13/h1-10H,12H2,(H,20,21)/b10-9+. The van der Waals surface area contributed by atoms with Gasteiger partial charge in [-0.3, -0.25) is 4.79 Å². The van der Waals surface area contributed by atoms with Crippen molar-refractivity contribution < 1.29 is 9.18 Å². The SMILES string of the molecule is N#Cc1ccc(/C=C/C(=O)NCc2ccccc2F)cc1. The lowest BCUT2D eigenvalue weighted by Gasteiger charge is -2.03. The molecule has 3 nitrogen and oxygen atoms in total. The number of nitrogens with zero attached hydrogens (tertiary/aromatic N) is 1. The van der Waals surface area contributed by atoms with E-state index in [1.54, 1.807) is 48.5 Å². The molecule has 0 bridgehead atoms. The van der Waals surface area contributed by atoms with Crippen LogP contribution in [0.2, 0.25) is 0 Å². The normalized spacial score (nSPS) is 10.3. The first-order valence-corrected chi connectivity index (χ1v) is 6.38. The van der Waals surface area contributed by atoms with Gasteiger partial charge in [0.1, 0.15) is 5.82 Å². The predicted octanol–water partition coefficient (Wildman–Crippen LogP) is 3.03. The van der Waals surface area contributed by atoms with Gasteiger partial charge in [0.2, 0.25) is 5.91 Å². The summed E-state index contributed by atoms with van der Waals surface area (Å²) >= 11 is 0. The molecule has 0 aliphatic heterocycles. The Morgan fingerprint density at radius 2 is 1.90 bits per heavy atom. The molecule has 0 aliphatic rings. The molecule has 21 heavy (non-hydrogen) atoms. The second-order valence-electron chi connectivity index (χ2n) is 4.38. The molecule has 0 aromatic heterocycles. The van der Waals surface area contributed by atoms with Gasteiger partial charge in [-0.25, -0.2) is 4.39 Å². The molecule has 0 spiro atoms. The van der Waals surface area contributed by atoms with Crippen LogP contribution in [0.1, 0.15) is 16.7 Å². The van der Waals surface area contributed by atoms with Crippen molar-refractivity contribution >= 4 is 12.0 Å². The Hall–Kier alpha value is -2.93. The van der Waals surface area contributed by atoms with Gasteiger partial charge >= 0.3 is 0 Å². The average Bonchev–Trinajstić information content (AvgIpc) is 2.52. The fraction of sp³-hybridized carbons (Fsp3) is 0.0588. The molecule has 4 heteroatoms. The summed E-state index contributed by atoms with van der Waals surface area (Å²) in [5.41, 5.74) is 1.82. The molecule has 2 aromatic carbocycles. The van der Waals surface area contributed by atoms with Gasteiger partial charge in [0.05, 0.1) is 11.6 Å². The molecular formula is C17H13FN2O. The summed E-state index contributed by atoms with van der Waals surface area (Å²) in [5, 5.41) is 11.3. The molecule has 1 N–H and O–H groups in total. The number of rotatable bonds is 4. The Labute approximate surface area is 122 Å². The summed E-state index contributed by atoms with van der Waals surface area (Å²) in [6.07, 6.45) is 3.01. The van der Waals surface area contributed by atoms with Crippen LogP contribution in [0.4, 0.5) is 4.39 Å². The van der Waals surface area contributed by atoms with Crippen LogP contribution in [0.15, 0.2) is 54.6 Å². The molecule has 0 saturated heterocycles. The lowest BCUT2D eigenvalue weighted by Crippen LogP contribution is -2.20. The molecule has 0 atom stereocenters. The highest BCUT2D eigenvalue weighted by molar-refractivity contribution is 5.91. The summed E-state index contributed by atoms with van der Waals surface area (Å²) in [5.74, 6) is -0.642. The van der Waals surface area contributed by atoms with Gasteiger partial charge in [-0.2, -0.15) is 5.26 Å². The molecule has 2 rings (SSSR count). The van der Waals surface area contributed by atoms with E-state index in [1.165, 1.54) is 12.1 Å². The van der Waals surface area contributed by atoms with Crippen LogP contribution in [0, 0.1) is 17.1 Å². The third-order valence-electron chi connectivity index (χ3n) is 2.88. The van der Waals surface area contributed by atoms with Gasteiger partial charge in [0.25, 0.3) is 0 Å². The number of nitriles is 1. The minimum Gasteiger partial charge on any atom is -0.348 e. The van der Waals surface area contributed by atoms with E-state index < -0.39 is 0 Å². The maximum Gasteiger partial charge on any atom is 0.244 e. The first kappa shape index (κ1) is 14.5. The number of nitrogens with one attached hydrogen (secondary N) is 1. The Bertz CT molecular complexity index is 699. The van der Waals surface area contributed by atoms with Crippen LogP contribution in [0.25, 0.3) is 6.08 Å². The van der Waals surface area contributed by atoms with E-state index in [1.807, 2.05) is 6.07 Å². The third-order valence-corrected chi connectivity index (χ3v) is 2.88. The van der Waals surface area contributed by atoms with Crippen LogP contribution in [-0.4, -0.2) is 5.91 Å². The highest BCUT2D eigenvalue weighted by Crippen LogP contribution is 2.06. The molecule has 0 heterocycles. The monoisotopic (exact) mass is 280 g/mol. The van der Waals surface area contributed by atoms with Crippen molar-refractivity contribution in [3.8, 4) is 6.07 Å². The van der Waals surface area contributed by atoms with Crippen molar-refractivity contribution in [2.75, 3.05) is 0 Å². The fourth-order valence-corrected chi connectivity index (χ4v) is 1.72. The van der Waals surface area contributed by atoms with Crippen LogP contribution in [0.3, 0.4) is 0 Å². The highest BCUT2D eigenvalue weighted by atomic mass is 19.1. The van der Waals surface area contributed by atoms with E-state index in [9.17, 15) is 9.18 Å². The number of carbonyl (C=O) groups excluding carboxylic acids is 1. The van der Waals surface area contributed by atoms with Crippen LogP contribution < -0.4 is 5.32 Å². The van der Waals surface area contributed by atoms with Gasteiger partial charge < -0.3 is 5.32 Å². The second kappa shape index (κ2) is 7.01. The van der Waals surface area contributed by atoms with Crippen molar-refractivity contribution in [1.29, 1.82) is 5.26 Å². The topological polar surface area (TPSA) is 52.9 Å². The van der Waals surface area contributed by atoms with Crippen molar-refractivity contribution in [2.24, 2.45) is 0 Å². The van der Waals surface area contributed by atoms with E-state index >= 15 is 0 Å². The summed E-state index contributed by atoms with van der Waals surface area (Å²) in [6, 6.07) is 15.2. The Balaban J connectivity index is 1.91. The van der Waals surface area contributed by atoms with Crippen LogP contribution >= 0.6 is 0 Å². The first-order valence-electron chi connectivity index (χ1n) is 6.38. The minimum absolute atomic E-state index is 0.142. The number of amides is 1. The van der Waals surface area contributed by atoms with Crippen molar-refractivity contribution in [2.45, 2.75) is 6.54 Å². The van der Waals surface area contributed by atoms with Crippen molar-refractivity contribution in [3.63, 3.8) is 0 Å². The molecular weight excluding hydrogens is 267 g/mol. The zero-order valence-electron chi connectivity index (χ0n) is 11.2. The molecule has 104 valence electrons. The number of carbonyl (C=O) groups is 1. The van der Waals surface area contributed by atoms with Gasteiger partial charge in [0, 0.05) is 18.2 Å². The summed E-state index contributed by atoms with van der Waals surface area (Å²) in [7, 11) is 0. The van der Waals surface area contributed by atoms with Crippen LogP contribution in [0.5, 0.6) is 0 Å². The van der Waals surface area contributed by atoms with Gasteiger partial charge in [-0.05, 0) is 29.8 Å². The second-order valence-corrected chi connectivity index (χ2v) is 4.38. The highest BCUT2D eigenvalue weighted by Gasteiger charge is 2.01. The largest absolute Gasteiger partial charge is 0.348 e. The molecule has 0 aliphatic carbocycles. The van der Waals surface area contributed by atoms with Crippen molar-refractivity contribution in [3.05, 3.63) is 77.1 Å².